The van der Waals surface area contributed by atoms with Gasteiger partial charge in [0.15, 0.2) is 11.5 Å². The minimum absolute atomic E-state index is 0.295. The van der Waals surface area contributed by atoms with Gasteiger partial charge in [0.1, 0.15) is 19.8 Å². The van der Waals surface area contributed by atoms with Crippen LogP contribution in [-0.2, 0) is 14.8 Å². The maximum Gasteiger partial charge on any atom is 0.241 e. The molecular formula is C20H24N2O5S. The molecule has 1 aliphatic rings. The average molecular weight is 404 g/mol. The summed E-state index contributed by atoms with van der Waals surface area (Å²) in [6, 6.07) is 12.2. The van der Waals surface area contributed by atoms with Crippen LogP contribution in [0.15, 0.2) is 42.5 Å². The molecule has 0 spiro atoms. The number of amides is 1. The van der Waals surface area contributed by atoms with E-state index in [0.717, 1.165) is 21.7 Å². The Morgan fingerprint density at radius 3 is 2.39 bits per heavy atom. The van der Waals surface area contributed by atoms with Gasteiger partial charge in [-0.2, -0.15) is 0 Å². The number of carbonyl (C=O) groups excluding carboxylic acids is 1. The minimum Gasteiger partial charge on any atom is -0.486 e. The molecule has 7 nitrogen and oxygen atoms in total. The molecule has 28 heavy (non-hydrogen) atoms. The third-order valence-corrected chi connectivity index (χ3v) is 5.59. The van der Waals surface area contributed by atoms with Gasteiger partial charge in [0.2, 0.25) is 15.9 Å². The van der Waals surface area contributed by atoms with E-state index < -0.39 is 15.9 Å². The third kappa shape index (κ3) is 4.75. The van der Waals surface area contributed by atoms with Crippen molar-refractivity contribution in [3.63, 3.8) is 0 Å². The standard InChI is InChI=1S/C20H24N2O5S/c1-14-4-7-17(8-5-14)22(28(3,24)25)13-20(23)21-15(2)16-6-9-18-19(12-16)27-11-10-26-18/h4-9,12,15H,10-11,13H2,1-3H3,(H,21,23)/t15-/m1/s1. The molecule has 0 radical (unpaired) electrons. The van der Waals surface area contributed by atoms with E-state index in [-0.39, 0.29) is 12.6 Å². The molecule has 2 aromatic rings. The molecule has 1 heterocycles. The van der Waals surface area contributed by atoms with Crippen molar-refractivity contribution in [1.29, 1.82) is 0 Å². The van der Waals surface area contributed by atoms with Crippen molar-refractivity contribution in [3.8, 4) is 11.5 Å². The highest BCUT2D eigenvalue weighted by molar-refractivity contribution is 7.92. The van der Waals surface area contributed by atoms with Crippen molar-refractivity contribution in [1.82, 2.24) is 5.32 Å². The molecule has 1 atom stereocenters. The molecule has 0 saturated carbocycles. The molecule has 8 heteroatoms. The quantitative estimate of drug-likeness (QED) is 0.799. The van der Waals surface area contributed by atoms with Crippen LogP contribution in [0.5, 0.6) is 11.5 Å². The number of aryl methyl sites for hydroxylation is 1. The number of hydrogen-bond donors (Lipinski definition) is 1. The topological polar surface area (TPSA) is 84.9 Å². The van der Waals surface area contributed by atoms with E-state index in [4.69, 9.17) is 9.47 Å². The molecule has 1 amide bonds. The van der Waals surface area contributed by atoms with Crippen molar-refractivity contribution in [2.75, 3.05) is 30.3 Å². The van der Waals surface area contributed by atoms with Gasteiger partial charge in [0.05, 0.1) is 18.0 Å². The number of rotatable bonds is 6. The summed E-state index contributed by atoms with van der Waals surface area (Å²) in [4.78, 5) is 12.5. The molecule has 0 unspecified atom stereocenters. The average Bonchev–Trinajstić information content (AvgIpc) is 2.65. The first-order chi connectivity index (χ1) is 13.2. The number of nitrogens with zero attached hydrogens (tertiary/aromatic N) is 1. The number of fused-ring (bicyclic) bond motifs is 1. The lowest BCUT2D eigenvalue weighted by Gasteiger charge is -2.24. The summed E-state index contributed by atoms with van der Waals surface area (Å²) in [7, 11) is -3.60. The van der Waals surface area contributed by atoms with Crippen LogP contribution in [0.3, 0.4) is 0 Å². The lowest BCUT2D eigenvalue weighted by atomic mass is 10.1. The fraction of sp³-hybridized carbons (Fsp3) is 0.350. The van der Waals surface area contributed by atoms with E-state index in [1.807, 2.05) is 44.2 Å². The Labute approximate surface area is 165 Å². The van der Waals surface area contributed by atoms with Crippen LogP contribution in [0.25, 0.3) is 0 Å². The van der Waals surface area contributed by atoms with Gasteiger partial charge >= 0.3 is 0 Å². The molecule has 150 valence electrons. The maximum atomic E-state index is 12.5. The molecule has 2 aromatic carbocycles. The summed E-state index contributed by atoms with van der Waals surface area (Å²) in [6.07, 6.45) is 1.09. The zero-order valence-corrected chi connectivity index (χ0v) is 17.0. The number of ether oxygens (including phenoxy) is 2. The Hall–Kier alpha value is -2.74. The van der Waals surface area contributed by atoms with Gasteiger partial charge in [-0.25, -0.2) is 8.42 Å². The van der Waals surface area contributed by atoms with Crippen LogP contribution < -0.4 is 19.1 Å². The fourth-order valence-electron chi connectivity index (χ4n) is 2.94. The van der Waals surface area contributed by atoms with Gasteiger partial charge in [0.25, 0.3) is 0 Å². The molecule has 3 rings (SSSR count). The predicted octanol–water partition coefficient (Wildman–Crippen LogP) is 2.41. The Balaban J connectivity index is 1.71. The highest BCUT2D eigenvalue weighted by atomic mass is 32.2. The molecular weight excluding hydrogens is 380 g/mol. The molecule has 1 aliphatic heterocycles. The third-order valence-electron chi connectivity index (χ3n) is 4.45. The summed E-state index contributed by atoms with van der Waals surface area (Å²) < 4.78 is 36.5. The van der Waals surface area contributed by atoms with Crippen LogP contribution in [0.2, 0.25) is 0 Å². The zero-order valence-electron chi connectivity index (χ0n) is 16.1. The molecule has 0 fully saturated rings. The monoisotopic (exact) mass is 404 g/mol. The first kappa shape index (κ1) is 20.0. The van der Waals surface area contributed by atoms with Gasteiger partial charge in [-0.15, -0.1) is 0 Å². The predicted molar refractivity (Wildman–Crippen MR) is 107 cm³/mol. The number of sulfonamides is 1. The Morgan fingerprint density at radius 1 is 1.11 bits per heavy atom. The van der Waals surface area contributed by atoms with Gasteiger partial charge < -0.3 is 14.8 Å². The van der Waals surface area contributed by atoms with Crippen molar-refractivity contribution in [3.05, 3.63) is 53.6 Å². The molecule has 0 saturated heterocycles. The van der Waals surface area contributed by atoms with Crippen LogP contribution >= 0.6 is 0 Å². The number of nitrogens with one attached hydrogen (secondary N) is 1. The summed E-state index contributed by atoms with van der Waals surface area (Å²) >= 11 is 0. The minimum atomic E-state index is -3.60. The van der Waals surface area contributed by atoms with E-state index in [2.05, 4.69) is 5.32 Å². The molecule has 1 N–H and O–H groups in total. The van der Waals surface area contributed by atoms with Crippen LogP contribution in [0.4, 0.5) is 5.69 Å². The van der Waals surface area contributed by atoms with Crippen molar-refractivity contribution in [2.45, 2.75) is 19.9 Å². The second kappa shape index (κ2) is 8.10. The Kier molecular flexibility index (Phi) is 5.79. The van der Waals surface area contributed by atoms with E-state index in [1.165, 1.54) is 0 Å². The number of carbonyl (C=O) groups is 1. The summed E-state index contributed by atoms with van der Waals surface area (Å²) in [5.41, 5.74) is 2.31. The van der Waals surface area contributed by atoms with Gasteiger partial charge in [-0.1, -0.05) is 23.8 Å². The first-order valence-electron chi connectivity index (χ1n) is 8.97. The number of anilines is 1. The maximum absolute atomic E-state index is 12.5. The van der Waals surface area contributed by atoms with E-state index in [1.54, 1.807) is 12.1 Å². The Bertz CT molecular complexity index is 957. The fourth-order valence-corrected chi connectivity index (χ4v) is 3.80. The molecule has 0 aliphatic carbocycles. The van der Waals surface area contributed by atoms with Gasteiger partial charge in [0, 0.05) is 0 Å². The highest BCUT2D eigenvalue weighted by Gasteiger charge is 2.22. The Morgan fingerprint density at radius 2 is 1.75 bits per heavy atom. The largest absolute Gasteiger partial charge is 0.486 e. The lowest BCUT2D eigenvalue weighted by Crippen LogP contribution is -2.41. The summed E-state index contributed by atoms with van der Waals surface area (Å²) in [6.45, 7) is 4.45. The molecule has 0 bridgehead atoms. The van der Waals surface area contributed by atoms with Crippen molar-refractivity contribution < 1.29 is 22.7 Å². The first-order valence-corrected chi connectivity index (χ1v) is 10.8. The second-order valence-corrected chi connectivity index (χ2v) is 8.70. The lowest BCUT2D eigenvalue weighted by molar-refractivity contribution is -0.120. The van der Waals surface area contributed by atoms with Crippen molar-refractivity contribution in [2.24, 2.45) is 0 Å². The SMILES string of the molecule is Cc1ccc(N(CC(=O)N[C@H](C)c2ccc3c(c2)OCCO3)S(C)(=O)=O)cc1. The van der Waals surface area contributed by atoms with Crippen molar-refractivity contribution >= 4 is 21.6 Å². The zero-order chi connectivity index (χ0) is 20.3. The van der Waals surface area contributed by atoms with E-state index in [9.17, 15) is 13.2 Å². The number of benzene rings is 2. The van der Waals surface area contributed by atoms with Gasteiger partial charge in [-0.05, 0) is 43.7 Å². The second-order valence-electron chi connectivity index (χ2n) is 6.80. The highest BCUT2D eigenvalue weighted by Crippen LogP contribution is 2.32. The normalized spacial score (nSPS) is 14.2. The molecule has 0 aromatic heterocycles. The van der Waals surface area contributed by atoms with Crippen LogP contribution in [0, 0.1) is 6.92 Å². The summed E-state index contributed by atoms with van der Waals surface area (Å²) in [5, 5.41) is 2.85. The van der Waals surface area contributed by atoms with Crippen LogP contribution in [-0.4, -0.2) is 40.3 Å². The number of hydrogen-bond acceptors (Lipinski definition) is 5. The smallest absolute Gasteiger partial charge is 0.241 e. The van der Waals surface area contributed by atoms with E-state index >= 15 is 0 Å². The van der Waals surface area contributed by atoms with Crippen LogP contribution in [0.1, 0.15) is 24.1 Å². The summed E-state index contributed by atoms with van der Waals surface area (Å²) in [5.74, 6) is 0.923. The van der Waals surface area contributed by atoms with Gasteiger partial charge in [-0.3, -0.25) is 9.10 Å². The van der Waals surface area contributed by atoms with E-state index in [0.29, 0.717) is 30.4 Å².